The third-order valence-corrected chi connectivity index (χ3v) is 3.22. The summed E-state index contributed by atoms with van der Waals surface area (Å²) in [6, 6.07) is 8.56. The van der Waals surface area contributed by atoms with Gasteiger partial charge in [0.25, 0.3) is 0 Å². The standard InChI is InChI=1S/C11H15NOS/c1-14-11-5-3-2-4-10(11)12-6-8-13-9-7-12/h2-5H,6-9H2,1H3. The van der Waals surface area contributed by atoms with Crippen molar-refractivity contribution in [1.29, 1.82) is 0 Å². The number of para-hydroxylation sites is 1. The van der Waals surface area contributed by atoms with Crippen molar-refractivity contribution in [2.24, 2.45) is 0 Å². The van der Waals surface area contributed by atoms with Gasteiger partial charge in [-0.2, -0.15) is 0 Å². The van der Waals surface area contributed by atoms with E-state index >= 15 is 0 Å². The van der Waals surface area contributed by atoms with Crippen molar-refractivity contribution in [3.05, 3.63) is 24.3 Å². The second-order valence-corrected chi connectivity index (χ2v) is 4.12. The van der Waals surface area contributed by atoms with Crippen LogP contribution in [0.2, 0.25) is 0 Å². The number of nitrogens with zero attached hydrogens (tertiary/aromatic N) is 1. The Morgan fingerprint density at radius 3 is 2.64 bits per heavy atom. The lowest BCUT2D eigenvalue weighted by atomic mass is 10.2. The van der Waals surface area contributed by atoms with Gasteiger partial charge in [0.05, 0.1) is 18.9 Å². The first kappa shape index (κ1) is 9.87. The zero-order valence-electron chi connectivity index (χ0n) is 8.40. The highest BCUT2D eigenvalue weighted by atomic mass is 32.2. The fourth-order valence-corrected chi connectivity index (χ4v) is 2.32. The van der Waals surface area contributed by atoms with Crippen LogP contribution in [-0.2, 0) is 4.74 Å². The molecule has 0 radical (unpaired) electrons. The number of hydrogen-bond acceptors (Lipinski definition) is 3. The molecule has 76 valence electrons. The molecular weight excluding hydrogens is 194 g/mol. The van der Waals surface area contributed by atoms with Crippen LogP contribution < -0.4 is 4.90 Å². The molecule has 1 aliphatic rings. The second kappa shape index (κ2) is 4.71. The molecule has 1 aromatic carbocycles. The Labute approximate surface area is 89.2 Å². The Kier molecular flexibility index (Phi) is 3.32. The lowest BCUT2D eigenvalue weighted by Crippen LogP contribution is -2.36. The number of thioether (sulfide) groups is 1. The van der Waals surface area contributed by atoms with Crippen molar-refractivity contribution in [1.82, 2.24) is 0 Å². The van der Waals surface area contributed by atoms with E-state index < -0.39 is 0 Å². The minimum Gasteiger partial charge on any atom is -0.378 e. The first-order valence-electron chi connectivity index (χ1n) is 4.87. The van der Waals surface area contributed by atoms with Crippen LogP contribution in [0.5, 0.6) is 0 Å². The van der Waals surface area contributed by atoms with Gasteiger partial charge in [0.1, 0.15) is 0 Å². The summed E-state index contributed by atoms with van der Waals surface area (Å²) in [5, 5.41) is 0. The summed E-state index contributed by atoms with van der Waals surface area (Å²) in [5.41, 5.74) is 1.35. The van der Waals surface area contributed by atoms with E-state index in [-0.39, 0.29) is 0 Å². The van der Waals surface area contributed by atoms with Crippen molar-refractivity contribution < 1.29 is 4.74 Å². The van der Waals surface area contributed by atoms with Crippen molar-refractivity contribution in [3.8, 4) is 0 Å². The zero-order chi connectivity index (χ0) is 9.80. The first-order valence-corrected chi connectivity index (χ1v) is 6.10. The highest BCUT2D eigenvalue weighted by molar-refractivity contribution is 7.98. The molecule has 2 rings (SSSR count). The molecule has 0 saturated carbocycles. The van der Waals surface area contributed by atoms with Gasteiger partial charge < -0.3 is 9.64 Å². The van der Waals surface area contributed by atoms with Gasteiger partial charge in [-0.3, -0.25) is 0 Å². The maximum absolute atomic E-state index is 5.35. The summed E-state index contributed by atoms with van der Waals surface area (Å²) in [5.74, 6) is 0. The van der Waals surface area contributed by atoms with Crippen LogP contribution >= 0.6 is 11.8 Å². The van der Waals surface area contributed by atoms with Crippen LogP contribution in [0.25, 0.3) is 0 Å². The third-order valence-electron chi connectivity index (χ3n) is 2.44. The summed E-state index contributed by atoms with van der Waals surface area (Å²) in [4.78, 5) is 3.75. The summed E-state index contributed by atoms with van der Waals surface area (Å²) in [6.07, 6.45) is 2.12. The van der Waals surface area contributed by atoms with E-state index in [9.17, 15) is 0 Å². The average molecular weight is 209 g/mol. The molecule has 3 heteroatoms. The van der Waals surface area contributed by atoms with Crippen LogP contribution in [0.1, 0.15) is 0 Å². The SMILES string of the molecule is CSc1ccccc1N1CCOCC1. The predicted octanol–water partition coefficient (Wildman–Crippen LogP) is 2.25. The van der Waals surface area contributed by atoms with E-state index in [2.05, 4.69) is 35.4 Å². The van der Waals surface area contributed by atoms with Gasteiger partial charge in [-0.15, -0.1) is 11.8 Å². The summed E-state index contributed by atoms with van der Waals surface area (Å²) in [7, 11) is 0. The molecular formula is C11H15NOS. The van der Waals surface area contributed by atoms with E-state index in [1.165, 1.54) is 10.6 Å². The number of morpholine rings is 1. The molecule has 14 heavy (non-hydrogen) atoms. The molecule has 2 nitrogen and oxygen atoms in total. The van der Waals surface area contributed by atoms with E-state index in [0.717, 1.165) is 26.3 Å². The highest BCUT2D eigenvalue weighted by Crippen LogP contribution is 2.28. The number of ether oxygens (including phenoxy) is 1. The number of rotatable bonds is 2. The fraction of sp³-hybridized carbons (Fsp3) is 0.455. The largest absolute Gasteiger partial charge is 0.378 e. The molecule has 0 N–H and O–H groups in total. The van der Waals surface area contributed by atoms with Crippen molar-refractivity contribution in [2.75, 3.05) is 37.5 Å². The number of anilines is 1. The second-order valence-electron chi connectivity index (χ2n) is 3.27. The molecule has 0 unspecified atom stereocenters. The number of hydrogen-bond donors (Lipinski definition) is 0. The van der Waals surface area contributed by atoms with Crippen molar-refractivity contribution in [3.63, 3.8) is 0 Å². The molecule has 1 heterocycles. The van der Waals surface area contributed by atoms with Crippen LogP contribution in [-0.4, -0.2) is 32.6 Å². The van der Waals surface area contributed by atoms with E-state index in [0.29, 0.717) is 0 Å². The lowest BCUT2D eigenvalue weighted by molar-refractivity contribution is 0.122. The quantitative estimate of drug-likeness (QED) is 0.693. The minimum atomic E-state index is 0.850. The van der Waals surface area contributed by atoms with Gasteiger partial charge in [-0.25, -0.2) is 0 Å². The van der Waals surface area contributed by atoms with E-state index in [1.54, 1.807) is 11.8 Å². The molecule has 1 saturated heterocycles. The van der Waals surface area contributed by atoms with Crippen LogP contribution in [0.4, 0.5) is 5.69 Å². The summed E-state index contributed by atoms with van der Waals surface area (Å²) >= 11 is 1.81. The zero-order valence-corrected chi connectivity index (χ0v) is 9.22. The smallest absolute Gasteiger partial charge is 0.0642 e. The number of benzene rings is 1. The van der Waals surface area contributed by atoms with Gasteiger partial charge in [0.15, 0.2) is 0 Å². The topological polar surface area (TPSA) is 12.5 Å². The van der Waals surface area contributed by atoms with Gasteiger partial charge >= 0.3 is 0 Å². The lowest BCUT2D eigenvalue weighted by Gasteiger charge is -2.30. The Hall–Kier alpha value is -0.670. The Balaban J connectivity index is 2.20. The maximum atomic E-state index is 5.35. The molecule has 0 atom stereocenters. The Bertz CT molecular complexity index is 297. The molecule has 0 spiro atoms. The summed E-state index contributed by atoms with van der Waals surface area (Å²) in [6.45, 7) is 3.72. The molecule has 0 bridgehead atoms. The van der Waals surface area contributed by atoms with Crippen molar-refractivity contribution >= 4 is 17.4 Å². The van der Waals surface area contributed by atoms with Gasteiger partial charge in [-0.1, -0.05) is 12.1 Å². The first-order chi connectivity index (χ1) is 6.92. The molecule has 1 aliphatic heterocycles. The van der Waals surface area contributed by atoms with Gasteiger partial charge in [0.2, 0.25) is 0 Å². The normalized spacial score (nSPS) is 17.1. The Morgan fingerprint density at radius 1 is 1.21 bits per heavy atom. The molecule has 0 amide bonds. The van der Waals surface area contributed by atoms with Crippen LogP contribution in [0, 0.1) is 0 Å². The molecule has 1 aromatic rings. The molecule has 1 fully saturated rings. The van der Waals surface area contributed by atoms with E-state index in [4.69, 9.17) is 4.74 Å². The predicted molar refractivity (Wildman–Crippen MR) is 61.3 cm³/mol. The minimum absolute atomic E-state index is 0.850. The fourth-order valence-electron chi connectivity index (χ4n) is 1.70. The Morgan fingerprint density at radius 2 is 1.93 bits per heavy atom. The van der Waals surface area contributed by atoms with E-state index in [1.807, 2.05) is 0 Å². The average Bonchev–Trinajstić information content (AvgIpc) is 2.30. The third kappa shape index (κ3) is 2.04. The summed E-state index contributed by atoms with van der Waals surface area (Å²) < 4.78 is 5.35. The monoisotopic (exact) mass is 209 g/mol. The van der Waals surface area contributed by atoms with Gasteiger partial charge in [-0.05, 0) is 18.4 Å². The van der Waals surface area contributed by atoms with Crippen LogP contribution in [0.15, 0.2) is 29.2 Å². The highest BCUT2D eigenvalue weighted by Gasteiger charge is 2.13. The molecule has 0 aliphatic carbocycles. The molecule has 0 aromatic heterocycles. The van der Waals surface area contributed by atoms with Gasteiger partial charge in [0, 0.05) is 18.0 Å². The van der Waals surface area contributed by atoms with Crippen LogP contribution in [0.3, 0.4) is 0 Å². The van der Waals surface area contributed by atoms with Crippen molar-refractivity contribution in [2.45, 2.75) is 4.90 Å². The maximum Gasteiger partial charge on any atom is 0.0642 e.